The molecule has 1 aromatic heterocycles. The maximum Gasteiger partial charge on any atom is 0.118 e. The molecule has 0 amide bonds. The number of pyridine rings is 1. The number of nitrogens with zero attached hydrogens (tertiary/aromatic N) is 2. The van der Waals surface area contributed by atoms with Gasteiger partial charge in [-0.25, -0.2) is 0 Å². The summed E-state index contributed by atoms with van der Waals surface area (Å²) < 4.78 is 8.59. The maximum atomic E-state index is 5.51. The largest absolute Gasteiger partial charge is 0.497 e. The second-order valence-electron chi connectivity index (χ2n) is 6.74. The molecule has 2 bridgehead atoms. The molecule has 1 fully saturated rings. The van der Waals surface area contributed by atoms with Gasteiger partial charge in [0.2, 0.25) is 0 Å². The summed E-state index contributed by atoms with van der Waals surface area (Å²) in [7, 11) is 1.71. The Morgan fingerprint density at radius 1 is 1.09 bits per heavy atom. The molecular weight excluding hydrogens is 304 g/mol. The van der Waals surface area contributed by atoms with E-state index in [1.54, 1.807) is 7.11 Å². The van der Waals surface area contributed by atoms with Crippen molar-refractivity contribution in [3.63, 3.8) is 0 Å². The molecule has 0 aliphatic carbocycles. The molecule has 0 saturated carbocycles. The first-order valence-corrected chi connectivity index (χ1v) is 8.69. The lowest BCUT2D eigenvalue weighted by molar-refractivity contribution is 0.115. The average molecular weight is 326 g/mol. The molecular formula is C19H22N2OS. The summed E-state index contributed by atoms with van der Waals surface area (Å²) in [6, 6.07) is 14.9. The number of methoxy groups -OCH3 is 1. The Kier molecular flexibility index (Phi) is 3.95. The predicted molar refractivity (Wildman–Crippen MR) is 94.4 cm³/mol. The normalized spacial score (nSPS) is 23.3. The number of likely N-dealkylation sites (tertiary alicyclic amines) is 1. The highest BCUT2D eigenvalue weighted by Gasteiger charge is 2.33. The summed E-state index contributed by atoms with van der Waals surface area (Å²) in [6.07, 6.45) is 1.30. The van der Waals surface area contributed by atoms with Crippen LogP contribution in [0.1, 0.15) is 23.6 Å². The first kappa shape index (κ1) is 14.9. The molecule has 0 spiro atoms. The lowest BCUT2D eigenvalue weighted by atomic mass is 9.83. The van der Waals surface area contributed by atoms with Gasteiger partial charge in [-0.1, -0.05) is 30.4 Å². The van der Waals surface area contributed by atoms with Gasteiger partial charge in [-0.2, -0.15) is 0 Å². The van der Waals surface area contributed by atoms with E-state index in [0.717, 1.165) is 30.0 Å². The molecule has 23 heavy (non-hydrogen) atoms. The third-order valence-corrected chi connectivity index (χ3v) is 5.48. The number of fused-ring (bicyclic) bond motifs is 4. The lowest BCUT2D eigenvalue weighted by Crippen LogP contribution is -2.44. The monoisotopic (exact) mass is 326 g/mol. The number of aromatic nitrogens is 1. The van der Waals surface area contributed by atoms with E-state index in [9.17, 15) is 0 Å². The van der Waals surface area contributed by atoms with E-state index in [1.807, 2.05) is 0 Å². The first-order valence-electron chi connectivity index (χ1n) is 8.28. The Labute approximate surface area is 142 Å². The van der Waals surface area contributed by atoms with Crippen LogP contribution in [-0.4, -0.2) is 29.7 Å². The van der Waals surface area contributed by atoms with Gasteiger partial charge < -0.3 is 9.30 Å². The van der Waals surface area contributed by atoms with Crippen LogP contribution in [0.25, 0.3) is 0 Å². The number of hydrogen-bond donors (Lipinski definition) is 0. The van der Waals surface area contributed by atoms with Crippen LogP contribution >= 0.6 is 12.2 Å². The van der Waals surface area contributed by atoms with E-state index in [4.69, 9.17) is 17.0 Å². The molecule has 2 aliphatic rings. The quantitative estimate of drug-likeness (QED) is 0.798. The Morgan fingerprint density at radius 3 is 2.70 bits per heavy atom. The Balaban J connectivity index is 1.52. The topological polar surface area (TPSA) is 17.4 Å². The molecule has 0 N–H and O–H groups in total. The van der Waals surface area contributed by atoms with Crippen LogP contribution in [0.15, 0.2) is 42.5 Å². The van der Waals surface area contributed by atoms with E-state index in [2.05, 4.69) is 51.9 Å². The van der Waals surface area contributed by atoms with Gasteiger partial charge in [0.1, 0.15) is 10.4 Å². The highest BCUT2D eigenvalue weighted by Crippen LogP contribution is 2.36. The van der Waals surface area contributed by atoms with Crippen molar-refractivity contribution in [2.75, 3.05) is 20.2 Å². The fraction of sp³-hybridized carbons (Fsp3) is 0.421. The van der Waals surface area contributed by atoms with Crippen LogP contribution in [0.3, 0.4) is 0 Å². The van der Waals surface area contributed by atoms with Crippen molar-refractivity contribution in [1.29, 1.82) is 0 Å². The molecule has 0 unspecified atom stereocenters. The van der Waals surface area contributed by atoms with Crippen molar-refractivity contribution in [3.8, 4) is 5.75 Å². The van der Waals surface area contributed by atoms with Crippen molar-refractivity contribution in [1.82, 2.24) is 9.47 Å². The third-order valence-electron chi connectivity index (χ3n) is 5.12. The van der Waals surface area contributed by atoms with E-state index in [0.29, 0.717) is 11.8 Å². The van der Waals surface area contributed by atoms with Crippen LogP contribution in [0, 0.1) is 10.6 Å². The summed E-state index contributed by atoms with van der Waals surface area (Å²) in [6.45, 7) is 4.38. The summed E-state index contributed by atoms with van der Waals surface area (Å²) in [5.41, 5.74) is 2.78. The molecule has 3 heterocycles. The van der Waals surface area contributed by atoms with Crippen LogP contribution in [0.4, 0.5) is 0 Å². The average Bonchev–Trinajstić information content (AvgIpc) is 2.57. The van der Waals surface area contributed by atoms with Crippen LogP contribution in [0.5, 0.6) is 5.75 Å². The zero-order valence-electron chi connectivity index (χ0n) is 13.4. The zero-order chi connectivity index (χ0) is 15.8. The zero-order valence-corrected chi connectivity index (χ0v) is 14.3. The Bertz CT molecular complexity index is 753. The van der Waals surface area contributed by atoms with E-state index < -0.39 is 0 Å². The minimum absolute atomic E-state index is 0.614. The van der Waals surface area contributed by atoms with Gasteiger partial charge in [-0.3, -0.25) is 4.90 Å². The second kappa shape index (κ2) is 6.10. The van der Waals surface area contributed by atoms with E-state index in [1.165, 1.54) is 24.2 Å². The fourth-order valence-corrected chi connectivity index (χ4v) is 4.37. The summed E-state index contributed by atoms with van der Waals surface area (Å²) in [5, 5.41) is 0. The highest BCUT2D eigenvalue weighted by atomic mass is 32.1. The second-order valence-corrected chi connectivity index (χ2v) is 7.16. The van der Waals surface area contributed by atoms with Gasteiger partial charge in [-0.05, 0) is 42.2 Å². The minimum Gasteiger partial charge on any atom is -0.497 e. The van der Waals surface area contributed by atoms with Crippen molar-refractivity contribution < 1.29 is 4.74 Å². The number of piperidine rings is 1. The Morgan fingerprint density at radius 2 is 1.91 bits per heavy atom. The lowest BCUT2D eigenvalue weighted by Gasteiger charge is -2.43. The highest BCUT2D eigenvalue weighted by molar-refractivity contribution is 7.71. The first-order chi connectivity index (χ1) is 11.2. The molecule has 4 heteroatoms. The van der Waals surface area contributed by atoms with Gasteiger partial charge in [0.15, 0.2) is 0 Å². The third kappa shape index (κ3) is 2.93. The summed E-state index contributed by atoms with van der Waals surface area (Å²) >= 11 is 5.51. The number of rotatable bonds is 3. The van der Waals surface area contributed by atoms with Crippen LogP contribution in [0.2, 0.25) is 0 Å². The van der Waals surface area contributed by atoms with Crippen LogP contribution < -0.4 is 4.74 Å². The number of benzene rings is 1. The minimum atomic E-state index is 0.614. The molecule has 4 rings (SSSR count). The summed E-state index contributed by atoms with van der Waals surface area (Å²) in [5.74, 6) is 2.25. The standard InChI is InChI=1S/C19H22N2OS/c1-22-17-7-5-14(6-8-17)10-20-11-15-9-16(13-20)18-3-2-4-19(23)21(18)12-15/h2-8,15-16H,9-13H2,1H3/t15-,16+/m1/s1. The van der Waals surface area contributed by atoms with Crippen LogP contribution in [-0.2, 0) is 13.1 Å². The molecule has 1 saturated heterocycles. The predicted octanol–water partition coefficient (Wildman–Crippen LogP) is 3.85. The molecule has 2 aromatic rings. The van der Waals surface area contributed by atoms with Gasteiger partial charge in [0, 0.05) is 37.8 Å². The van der Waals surface area contributed by atoms with Crippen molar-refractivity contribution in [2.24, 2.45) is 5.92 Å². The van der Waals surface area contributed by atoms with Crippen molar-refractivity contribution in [3.05, 3.63) is 58.4 Å². The summed E-state index contributed by atoms with van der Waals surface area (Å²) in [4.78, 5) is 2.60. The maximum absolute atomic E-state index is 5.51. The van der Waals surface area contributed by atoms with Gasteiger partial charge in [-0.15, -0.1) is 0 Å². The SMILES string of the molecule is COc1ccc(CN2C[C@H]3C[C@@H](C2)c2cccc(=S)n2C3)cc1. The number of ether oxygens (including phenoxy) is 1. The van der Waals surface area contributed by atoms with Gasteiger partial charge in [0.25, 0.3) is 0 Å². The van der Waals surface area contributed by atoms with Gasteiger partial charge >= 0.3 is 0 Å². The van der Waals surface area contributed by atoms with E-state index >= 15 is 0 Å². The molecule has 3 nitrogen and oxygen atoms in total. The molecule has 1 aromatic carbocycles. The molecule has 0 radical (unpaired) electrons. The van der Waals surface area contributed by atoms with Crippen molar-refractivity contribution >= 4 is 12.2 Å². The van der Waals surface area contributed by atoms with Crippen molar-refractivity contribution in [2.45, 2.75) is 25.4 Å². The van der Waals surface area contributed by atoms with E-state index in [-0.39, 0.29) is 0 Å². The molecule has 120 valence electrons. The fourth-order valence-electron chi connectivity index (χ4n) is 4.11. The Hall–Kier alpha value is -1.65. The van der Waals surface area contributed by atoms with Gasteiger partial charge in [0.05, 0.1) is 7.11 Å². The number of hydrogen-bond acceptors (Lipinski definition) is 3. The molecule has 2 atom stereocenters. The smallest absolute Gasteiger partial charge is 0.118 e. The molecule has 2 aliphatic heterocycles.